The fourth-order valence-corrected chi connectivity index (χ4v) is 9.19. The molecule has 27 heteroatoms. The van der Waals surface area contributed by atoms with E-state index in [9.17, 15) is 50.8 Å². The van der Waals surface area contributed by atoms with Crippen LogP contribution in [0.4, 0.5) is 68.9 Å². The van der Waals surface area contributed by atoms with Crippen LogP contribution in [0.15, 0.2) is 161 Å². The molecule has 0 saturated carbocycles. The molecular weight excluding hydrogens is 1090 g/mol. The van der Waals surface area contributed by atoms with Gasteiger partial charge in [0.25, 0.3) is 20.2 Å². The molecule has 0 spiro atoms. The molecule has 0 atom stereocenters. The van der Waals surface area contributed by atoms with Gasteiger partial charge in [0.15, 0.2) is 5.78 Å². The second-order valence-corrected chi connectivity index (χ2v) is 20.0. The molecule has 0 aliphatic rings. The average Bonchev–Trinajstić information content (AvgIpc) is 3.45. The maximum atomic E-state index is 13.0. The number of benzene rings is 6. The van der Waals surface area contributed by atoms with Gasteiger partial charge in [-0.3, -0.25) is 19.2 Å². The Morgan fingerprint density at radius 3 is 1.23 bits per heavy atom. The molecule has 10 N–H and O–H groups in total. The van der Waals surface area contributed by atoms with Gasteiger partial charge in [0.2, 0.25) is 35.7 Å². The van der Waals surface area contributed by atoms with Crippen molar-refractivity contribution in [3.05, 3.63) is 174 Å². The number of ketones is 1. The van der Waals surface area contributed by atoms with Gasteiger partial charge in [0, 0.05) is 59.2 Å². The fourth-order valence-electron chi connectivity index (χ4n) is 7.77. The summed E-state index contributed by atoms with van der Waals surface area (Å²) in [6, 6.07) is 40.5. The standard InChI is InChI=1S/C54H53N13O12S2/c68-30-26-66(27-31-69)52-62-48(55-40-12-6-2-7-13-40)60-50(64-52)57-43-24-18-36(45(34-43)80(73,74)75)16-17-37-19-25-44(35-46(37)81(76,77)78)58-51-61-49(56-41-14-8-3-9-15-41)63-53(65-51)67(28-32-70)29-33-79-54(72)59-42-22-20-39(21-23-42)47(71)38-10-4-1-5-11-38/h1-25,34-35,68-70H,26-33H2,(H,59,72)(H,73,74,75)(H,76,77,78)(H2,55,57,60,62,64)(H2,56,58,61,63,65)/b17-16+. The number of nitrogens with zero attached hydrogens (tertiary/aromatic N) is 8. The largest absolute Gasteiger partial charge is 0.447 e. The van der Waals surface area contributed by atoms with E-state index in [1.165, 1.54) is 46.2 Å². The molecule has 81 heavy (non-hydrogen) atoms. The number of aromatic nitrogens is 6. The number of amides is 1. The Bertz CT molecular complexity index is 3720. The minimum Gasteiger partial charge on any atom is -0.447 e. The monoisotopic (exact) mass is 1140 g/mol. The average molecular weight is 1140 g/mol. The van der Waals surface area contributed by atoms with Gasteiger partial charge in [-0.25, -0.2) is 4.79 Å². The highest BCUT2D eigenvalue weighted by Crippen LogP contribution is 2.30. The Kier molecular flexibility index (Phi) is 19.2. The minimum atomic E-state index is -4.99. The number of hydrogen-bond donors (Lipinski definition) is 10. The van der Waals surface area contributed by atoms with Crippen molar-refractivity contribution in [1.29, 1.82) is 0 Å². The molecule has 418 valence electrons. The van der Waals surface area contributed by atoms with Crippen LogP contribution in [0.2, 0.25) is 0 Å². The number of carbonyl (C=O) groups excluding carboxylic acids is 2. The Balaban J connectivity index is 1.01. The van der Waals surface area contributed by atoms with Crippen LogP contribution in [0.1, 0.15) is 27.0 Å². The lowest BCUT2D eigenvalue weighted by Crippen LogP contribution is -2.33. The number of aliphatic hydroxyl groups excluding tert-OH is 3. The highest BCUT2D eigenvalue weighted by atomic mass is 32.2. The van der Waals surface area contributed by atoms with Crippen molar-refractivity contribution in [3.8, 4) is 0 Å². The Morgan fingerprint density at radius 2 is 0.827 bits per heavy atom. The molecule has 8 rings (SSSR count). The first-order chi connectivity index (χ1) is 39.0. The molecule has 2 aromatic heterocycles. The lowest BCUT2D eigenvalue weighted by Gasteiger charge is -2.22. The van der Waals surface area contributed by atoms with Crippen LogP contribution in [0.3, 0.4) is 0 Å². The van der Waals surface area contributed by atoms with Crippen LogP contribution >= 0.6 is 0 Å². The van der Waals surface area contributed by atoms with Crippen molar-refractivity contribution in [3.63, 3.8) is 0 Å². The smallest absolute Gasteiger partial charge is 0.411 e. The lowest BCUT2D eigenvalue weighted by molar-refractivity contribution is 0.103. The van der Waals surface area contributed by atoms with Gasteiger partial charge in [-0.15, -0.1) is 0 Å². The number of aliphatic hydroxyl groups is 3. The fraction of sp³-hybridized carbons (Fsp3) is 0.148. The summed E-state index contributed by atoms with van der Waals surface area (Å²) in [6.07, 6.45) is 1.62. The zero-order valence-corrected chi connectivity index (χ0v) is 44.4. The summed E-state index contributed by atoms with van der Waals surface area (Å²) >= 11 is 0. The lowest BCUT2D eigenvalue weighted by atomic mass is 10.0. The second kappa shape index (κ2) is 26.9. The summed E-state index contributed by atoms with van der Waals surface area (Å²) in [6.45, 7) is -1.10. The number of anilines is 11. The maximum absolute atomic E-state index is 13.0. The van der Waals surface area contributed by atoms with E-state index < -0.39 is 36.1 Å². The minimum absolute atomic E-state index is 0.00122. The first-order valence-corrected chi connectivity index (χ1v) is 27.5. The van der Waals surface area contributed by atoms with Crippen molar-refractivity contribution >= 4 is 108 Å². The second-order valence-electron chi connectivity index (χ2n) is 17.3. The Labute approximate surface area is 464 Å². The zero-order chi connectivity index (χ0) is 57.4. The van der Waals surface area contributed by atoms with E-state index in [2.05, 4.69) is 56.5 Å². The van der Waals surface area contributed by atoms with Gasteiger partial charge >= 0.3 is 6.09 Å². The van der Waals surface area contributed by atoms with E-state index in [1.54, 1.807) is 103 Å². The van der Waals surface area contributed by atoms with Crippen molar-refractivity contribution in [2.45, 2.75) is 9.79 Å². The van der Waals surface area contributed by atoms with Crippen molar-refractivity contribution < 1.29 is 55.6 Å². The molecule has 0 bridgehead atoms. The van der Waals surface area contributed by atoms with E-state index in [0.29, 0.717) is 28.2 Å². The summed E-state index contributed by atoms with van der Waals surface area (Å²) < 4.78 is 78.0. The summed E-state index contributed by atoms with van der Waals surface area (Å²) in [5.41, 5.74) is 2.48. The van der Waals surface area contributed by atoms with Gasteiger partial charge in [-0.2, -0.15) is 46.7 Å². The molecule has 0 unspecified atom stereocenters. The molecule has 25 nitrogen and oxygen atoms in total. The number of carbonyl (C=O) groups is 2. The van der Waals surface area contributed by atoms with Crippen LogP contribution in [0.25, 0.3) is 12.2 Å². The van der Waals surface area contributed by atoms with Crippen molar-refractivity contribution in [1.82, 2.24) is 29.9 Å². The summed E-state index contributed by atoms with van der Waals surface area (Å²) in [5, 5.41) is 44.0. The molecule has 0 fully saturated rings. The molecule has 2 heterocycles. The van der Waals surface area contributed by atoms with E-state index in [1.807, 2.05) is 12.1 Å². The first-order valence-electron chi connectivity index (χ1n) is 24.6. The van der Waals surface area contributed by atoms with Crippen LogP contribution in [-0.2, 0) is 25.0 Å². The quantitative estimate of drug-likeness (QED) is 0.0152. The third-order valence-electron chi connectivity index (χ3n) is 11.5. The molecule has 1 amide bonds. The Hall–Kier alpha value is -9.48. The number of hydrogen-bond acceptors (Lipinski definition) is 22. The van der Waals surface area contributed by atoms with Gasteiger partial charge in [-0.1, -0.05) is 91.0 Å². The van der Waals surface area contributed by atoms with Crippen LogP contribution in [0, 0.1) is 0 Å². The van der Waals surface area contributed by atoms with E-state index in [-0.39, 0.29) is 117 Å². The Morgan fingerprint density at radius 1 is 0.457 bits per heavy atom. The molecule has 8 aromatic rings. The van der Waals surface area contributed by atoms with Crippen molar-refractivity contribution in [2.24, 2.45) is 0 Å². The predicted molar refractivity (Wildman–Crippen MR) is 304 cm³/mol. The van der Waals surface area contributed by atoms with Crippen molar-refractivity contribution in [2.75, 3.05) is 89.0 Å². The number of nitrogens with one attached hydrogen (secondary N) is 5. The van der Waals surface area contributed by atoms with E-state index >= 15 is 0 Å². The highest BCUT2D eigenvalue weighted by Gasteiger charge is 2.21. The molecule has 6 aromatic carbocycles. The molecule has 0 radical (unpaired) electrons. The molecule has 0 aliphatic heterocycles. The first kappa shape index (κ1) is 57.7. The zero-order valence-electron chi connectivity index (χ0n) is 42.7. The third-order valence-corrected chi connectivity index (χ3v) is 13.4. The highest BCUT2D eigenvalue weighted by molar-refractivity contribution is 7.86. The third kappa shape index (κ3) is 16.3. The van der Waals surface area contributed by atoms with Gasteiger partial charge in [-0.05, 0) is 83.9 Å². The SMILES string of the molecule is O=C(Nc1ccc(C(=O)c2ccccc2)cc1)OCCN(CCO)c1nc(Nc2ccccc2)nc(Nc2ccc(/C=C/c3ccc(Nc4nc(Nc5ccccc5)nc(N(CCO)CCO)n4)cc3S(=O)(=O)O)c(S(=O)(=O)O)c2)n1. The normalized spacial score (nSPS) is 11.4. The molecular formula is C54H53N13O12S2. The predicted octanol–water partition coefficient (Wildman–Crippen LogP) is 6.76. The summed E-state index contributed by atoms with van der Waals surface area (Å²) in [5.74, 6) is -0.252. The number of ether oxygens (including phenoxy) is 1. The van der Waals surface area contributed by atoms with Crippen LogP contribution < -0.4 is 36.4 Å². The topological polar surface area (TPSA) is 357 Å². The maximum Gasteiger partial charge on any atom is 0.411 e. The number of para-hydroxylation sites is 2. The van der Waals surface area contributed by atoms with Gasteiger partial charge in [0.1, 0.15) is 16.4 Å². The molecule has 0 aliphatic carbocycles. The summed E-state index contributed by atoms with van der Waals surface area (Å²) in [7, 11) is -9.95. The summed E-state index contributed by atoms with van der Waals surface area (Å²) in [4.78, 5) is 54.2. The molecule has 0 saturated heterocycles. The van der Waals surface area contributed by atoms with Crippen LogP contribution in [0.5, 0.6) is 0 Å². The number of rotatable bonds is 26. The van der Waals surface area contributed by atoms with Gasteiger partial charge in [0.05, 0.1) is 26.4 Å². The van der Waals surface area contributed by atoms with Gasteiger partial charge < -0.3 is 51.1 Å². The van der Waals surface area contributed by atoms with E-state index in [0.717, 1.165) is 12.1 Å². The van der Waals surface area contributed by atoms with Crippen LogP contribution in [-0.4, -0.2) is 136 Å². The van der Waals surface area contributed by atoms with E-state index in [4.69, 9.17) is 4.74 Å².